The molecule has 1 aromatic carbocycles. The minimum absolute atomic E-state index is 0.0190. The molecule has 108 valence electrons. The van der Waals surface area contributed by atoms with Crippen LogP contribution in [0.4, 0.5) is 10.1 Å². The maximum absolute atomic E-state index is 13.4. The number of nitrogens with two attached hydrogens (primary N) is 1. The molecule has 0 saturated carbocycles. The fraction of sp³-hybridized carbons (Fsp3) is 0.500. The minimum atomic E-state index is -3.69. The van der Waals surface area contributed by atoms with Crippen molar-refractivity contribution in [3.8, 4) is 0 Å². The van der Waals surface area contributed by atoms with Gasteiger partial charge >= 0.3 is 0 Å². The molecule has 0 fully saturated rings. The summed E-state index contributed by atoms with van der Waals surface area (Å²) in [7, 11) is 0.0138. The number of sulfonamides is 1. The lowest BCUT2D eigenvalue weighted by Gasteiger charge is -2.18. The van der Waals surface area contributed by atoms with Gasteiger partial charge in [0.2, 0.25) is 10.0 Å². The Morgan fingerprint density at radius 2 is 2.00 bits per heavy atom. The van der Waals surface area contributed by atoms with Crippen molar-refractivity contribution in [2.24, 2.45) is 0 Å². The summed E-state index contributed by atoms with van der Waals surface area (Å²) < 4.78 is 40.2. The number of nitrogens with zero attached hydrogens (tertiary/aromatic N) is 1. The molecule has 19 heavy (non-hydrogen) atoms. The smallest absolute Gasteiger partial charge is 0.240 e. The van der Waals surface area contributed by atoms with Gasteiger partial charge in [0.15, 0.2) is 0 Å². The summed E-state index contributed by atoms with van der Waals surface area (Å²) in [6.07, 6.45) is 0. The Morgan fingerprint density at radius 1 is 1.42 bits per heavy atom. The largest absolute Gasteiger partial charge is 0.396 e. The van der Waals surface area contributed by atoms with Crippen LogP contribution < -0.4 is 10.5 Å². The van der Waals surface area contributed by atoms with Gasteiger partial charge in [0, 0.05) is 12.6 Å². The second-order valence-electron chi connectivity index (χ2n) is 4.93. The second-order valence-corrected chi connectivity index (χ2v) is 6.64. The molecular formula is C12H20FN3O2S. The van der Waals surface area contributed by atoms with Gasteiger partial charge in [0.05, 0.1) is 10.6 Å². The first kappa shape index (κ1) is 15.9. The molecule has 0 amide bonds. The third kappa shape index (κ3) is 4.15. The van der Waals surface area contributed by atoms with E-state index in [0.29, 0.717) is 6.54 Å². The monoisotopic (exact) mass is 289 g/mol. The number of hydrogen-bond acceptors (Lipinski definition) is 4. The van der Waals surface area contributed by atoms with Crippen LogP contribution >= 0.6 is 0 Å². The van der Waals surface area contributed by atoms with Crippen LogP contribution in [0.2, 0.25) is 0 Å². The highest BCUT2D eigenvalue weighted by Gasteiger charge is 2.20. The summed E-state index contributed by atoms with van der Waals surface area (Å²) in [5.74, 6) is -0.583. The normalized spacial score (nSPS) is 13.8. The topological polar surface area (TPSA) is 75.4 Å². The van der Waals surface area contributed by atoms with Crippen molar-refractivity contribution in [3.63, 3.8) is 0 Å². The van der Waals surface area contributed by atoms with Crippen molar-refractivity contribution in [1.82, 2.24) is 9.62 Å². The quantitative estimate of drug-likeness (QED) is 0.791. The number of rotatable bonds is 5. The number of nitrogen functional groups attached to an aromatic ring is 1. The highest BCUT2D eigenvalue weighted by molar-refractivity contribution is 7.89. The number of nitrogens with one attached hydrogen (secondary N) is 1. The lowest BCUT2D eigenvalue weighted by molar-refractivity contribution is 0.370. The van der Waals surface area contributed by atoms with E-state index in [9.17, 15) is 12.8 Å². The summed E-state index contributed by atoms with van der Waals surface area (Å²) in [5, 5.41) is 0. The lowest BCUT2D eigenvalue weighted by Crippen LogP contribution is -2.39. The maximum atomic E-state index is 13.4. The second kappa shape index (κ2) is 5.85. The summed E-state index contributed by atoms with van der Waals surface area (Å²) in [6, 6.07) is 2.15. The maximum Gasteiger partial charge on any atom is 0.240 e. The fourth-order valence-corrected chi connectivity index (χ4v) is 3.19. The molecule has 1 atom stereocenters. The van der Waals surface area contributed by atoms with Crippen LogP contribution in [0.15, 0.2) is 17.0 Å². The number of aryl methyl sites for hydroxylation is 1. The predicted octanol–water partition coefficient (Wildman–Crippen LogP) is 0.945. The van der Waals surface area contributed by atoms with Gasteiger partial charge < -0.3 is 10.6 Å². The highest BCUT2D eigenvalue weighted by Crippen LogP contribution is 2.20. The fourth-order valence-electron chi connectivity index (χ4n) is 1.84. The molecule has 0 aliphatic heterocycles. The molecule has 0 aliphatic rings. The van der Waals surface area contributed by atoms with Crippen LogP contribution in [0.5, 0.6) is 0 Å². The third-order valence-corrected chi connectivity index (χ3v) is 4.13. The van der Waals surface area contributed by atoms with Crippen molar-refractivity contribution >= 4 is 15.7 Å². The van der Waals surface area contributed by atoms with Gasteiger partial charge in [-0.15, -0.1) is 0 Å². The number of benzene rings is 1. The molecular weight excluding hydrogens is 269 g/mol. The van der Waals surface area contributed by atoms with Crippen molar-refractivity contribution in [3.05, 3.63) is 23.5 Å². The number of likely N-dealkylation sites (N-methyl/N-ethyl adjacent to an activating group) is 1. The molecule has 0 heterocycles. The Kier molecular flexibility index (Phi) is 4.89. The first-order valence-corrected chi connectivity index (χ1v) is 7.34. The minimum Gasteiger partial charge on any atom is -0.396 e. The van der Waals surface area contributed by atoms with Crippen molar-refractivity contribution in [2.75, 3.05) is 26.4 Å². The van der Waals surface area contributed by atoms with Gasteiger partial charge in [-0.1, -0.05) is 0 Å². The van der Waals surface area contributed by atoms with E-state index in [4.69, 9.17) is 5.73 Å². The predicted molar refractivity (Wildman–Crippen MR) is 73.9 cm³/mol. The van der Waals surface area contributed by atoms with E-state index in [2.05, 4.69) is 4.72 Å². The average molecular weight is 289 g/mol. The molecule has 0 aliphatic carbocycles. The Balaban J connectivity index is 3.01. The molecule has 1 unspecified atom stereocenters. The number of halogens is 1. The van der Waals surface area contributed by atoms with Crippen LogP contribution in [0.3, 0.4) is 0 Å². The molecule has 0 radical (unpaired) electrons. The summed E-state index contributed by atoms with van der Waals surface area (Å²) in [5.41, 5.74) is 5.50. The highest BCUT2D eigenvalue weighted by atomic mass is 32.2. The zero-order valence-corrected chi connectivity index (χ0v) is 12.4. The van der Waals surface area contributed by atoms with Gasteiger partial charge in [-0.2, -0.15) is 0 Å². The summed E-state index contributed by atoms with van der Waals surface area (Å²) in [6.45, 7) is 3.81. The van der Waals surface area contributed by atoms with Crippen LogP contribution in [0, 0.1) is 12.7 Å². The Bertz CT molecular complexity index is 535. The molecule has 1 aromatic rings. The van der Waals surface area contributed by atoms with Gasteiger partial charge in [-0.3, -0.25) is 0 Å². The molecule has 5 nitrogen and oxygen atoms in total. The molecule has 0 bridgehead atoms. The molecule has 0 aromatic heterocycles. The van der Waals surface area contributed by atoms with E-state index < -0.39 is 15.8 Å². The van der Waals surface area contributed by atoms with Gasteiger partial charge in [0.25, 0.3) is 0 Å². The van der Waals surface area contributed by atoms with Gasteiger partial charge in [-0.25, -0.2) is 17.5 Å². The van der Waals surface area contributed by atoms with Crippen LogP contribution in [0.25, 0.3) is 0 Å². The van der Waals surface area contributed by atoms with Crippen molar-refractivity contribution in [2.45, 2.75) is 24.8 Å². The molecule has 0 spiro atoms. The van der Waals surface area contributed by atoms with Crippen LogP contribution in [0.1, 0.15) is 12.5 Å². The SMILES string of the molecule is Cc1cc(S(=O)(=O)NC(C)CN(C)C)cc(N)c1F. The average Bonchev–Trinajstić information content (AvgIpc) is 2.22. The van der Waals surface area contributed by atoms with Gasteiger partial charge in [-0.05, 0) is 45.6 Å². The first-order valence-electron chi connectivity index (χ1n) is 5.86. The molecule has 0 saturated heterocycles. The zero-order chi connectivity index (χ0) is 14.8. The van der Waals surface area contributed by atoms with Crippen molar-refractivity contribution < 1.29 is 12.8 Å². The lowest BCUT2D eigenvalue weighted by atomic mass is 10.2. The molecule has 3 N–H and O–H groups in total. The number of anilines is 1. The molecule has 1 rings (SSSR count). The Labute approximate surface area is 113 Å². The van der Waals surface area contributed by atoms with Crippen molar-refractivity contribution in [1.29, 1.82) is 0 Å². The zero-order valence-electron chi connectivity index (χ0n) is 11.6. The Hall–Kier alpha value is -1.18. The standard InChI is InChI=1S/C12H20FN3O2S/c1-8-5-10(6-11(14)12(8)13)19(17,18)15-9(2)7-16(3)4/h5-6,9,15H,7,14H2,1-4H3. The van der Waals surface area contributed by atoms with E-state index in [1.807, 2.05) is 19.0 Å². The van der Waals surface area contributed by atoms with Crippen LogP contribution in [-0.4, -0.2) is 40.0 Å². The van der Waals surface area contributed by atoms with E-state index in [0.717, 1.165) is 6.07 Å². The molecule has 7 heteroatoms. The van der Waals surface area contributed by atoms with Gasteiger partial charge in [0.1, 0.15) is 5.82 Å². The van der Waals surface area contributed by atoms with E-state index in [-0.39, 0.29) is 22.2 Å². The van der Waals surface area contributed by atoms with E-state index in [1.165, 1.54) is 13.0 Å². The first-order chi connectivity index (χ1) is 8.63. The van der Waals surface area contributed by atoms with E-state index in [1.54, 1.807) is 6.92 Å². The Morgan fingerprint density at radius 3 is 2.47 bits per heavy atom. The van der Waals surface area contributed by atoms with E-state index >= 15 is 0 Å². The van der Waals surface area contributed by atoms with Crippen LogP contribution in [-0.2, 0) is 10.0 Å². The summed E-state index contributed by atoms with van der Waals surface area (Å²) in [4.78, 5) is 1.85. The number of hydrogen-bond donors (Lipinski definition) is 2. The third-order valence-electron chi connectivity index (χ3n) is 2.56. The summed E-state index contributed by atoms with van der Waals surface area (Å²) >= 11 is 0.